The van der Waals surface area contributed by atoms with Crippen LogP contribution in [0.4, 0.5) is 5.82 Å². The number of piperidine rings is 1. The summed E-state index contributed by atoms with van der Waals surface area (Å²) < 4.78 is 1.71. The number of aryl methyl sites for hydroxylation is 1. The third kappa shape index (κ3) is 5.18. The molecule has 0 saturated carbocycles. The van der Waals surface area contributed by atoms with E-state index >= 15 is 0 Å². The summed E-state index contributed by atoms with van der Waals surface area (Å²) in [5.41, 5.74) is 1.39. The molecule has 0 aromatic carbocycles. The molecule has 1 aliphatic rings. The predicted molar refractivity (Wildman–Crippen MR) is 124 cm³/mol. The minimum absolute atomic E-state index is 0.203. The minimum atomic E-state index is 0.203. The lowest BCUT2D eigenvalue weighted by atomic mass is 9.90. The Kier molecular flexibility index (Phi) is 6.46. The Morgan fingerprint density at radius 2 is 1.94 bits per heavy atom. The first-order valence-electron chi connectivity index (χ1n) is 10.1. The van der Waals surface area contributed by atoms with E-state index in [2.05, 4.69) is 49.0 Å². The van der Waals surface area contributed by atoms with Gasteiger partial charge in [0.25, 0.3) is 0 Å². The Morgan fingerprint density at radius 1 is 1.13 bits per heavy atom. The van der Waals surface area contributed by atoms with Crippen molar-refractivity contribution in [1.29, 1.82) is 0 Å². The molecule has 160 valence electrons. The van der Waals surface area contributed by atoms with E-state index in [0.29, 0.717) is 16.4 Å². The second-order valence-corrected chi connectivity index (χ2v) is 9.15. The highest BCUT2D eigenvalue weighted by atomic mass is 35.5. The molecule has 0 amide bonds. The first kappa shape index (κ1) is 21.6. The lowest BCUT2D eigenvalue weighted by Gasteiger charge is -2.39. The molecule has 1 fully saturated rings. The van der Waals surface area contributed by atoms with Gasteiger partial charge >= 0.3 is 0 Å². The summed E-state index contributed by atoms with van der Waals surface area (Å²) in [6.07, 6.45) is 9.33. The fourth-order valence-corrected chi connectivity index (χ4v) is 4.34. The van der Waals surface area contributed by atoms with Crippen LogP contribution in [0.1, 0.15) is 31.2 Å². The van der Waals surface area contributed by atoms with E-state index in [4.69, 9.17) is 11.6 Å². The molecule has 0 aliphatic carbocycles. The highest BCUT2D eigenvalue weighted by Crippen LogP contribution is 2.33. The highest BCUT2D eigenvalue weighted by Gasteiger charge is 2.28. The van der Waals surface area contributed by atoms with Gasteiger partial charge in [0.15, 0.2) is 0 Å². The van der Waals surface area contributed by atoms with E-state index in [1.165, 1.54) is 11.8 Å². The fourth-order valence-electron chi connectivity index (χ4n) is 3.31. The summed E-state index contributed by atoms with van der Waals surface area (Å²) in [4.78, 5) is 16.6. The number of nitrogens with zero attached hydrogens (tertiary/aromatic N) is 6. The zero-order valence-corrected chi connectivity index (χ0v) is 19.3. The normalized spacial score (nSPS) is 15.4. The lowest BCUT2D eigenvalue weighted by Crippen LogP contribution is -2.50. The van der Waals surface area contributed by atoms with Crippen LogP contribution in [-0.4, -0.2) is 50.4 Å². The van der Waals surface area contributed by atoms with Gasteiger partial charge in [0.05, 0.1) is 17.4 Å². The van der Waals surface area contributed by atoms with Crippen molar-refractivity contribution in [1.82, 2.24) is 30.0 Å². The quantitative estimate of drug-likeness (QED) is 0.607. The SMILES string of the molecule is CNC1(C)CCN(c2cnc(Sc3ccnc(C#Cc4ccn(C)n4)c3Cl)cn2)CC1. The van der Waals surface area contributed by atoms with Crippen LogP contribution in [0.2, 0.25) is 5.02 Å². The molecular formula is C22H24ClN7S. The average Bonchev–Trinajstić information content (AvgIpc) is 3.21. The van der Waals surface area contributed by atoms with Crippen molar-refractivity contribution in [2.75, 3.05) is 25.0 Å². The molecule has 31 heavy (non-hydrogen) atoms. The van der Waals surface area contributed by atoms with Gasteiger partial charge < -0.3 is 10.2 Å². The molecule has 1 aliphatic heterocycles. The van der Waals surface area contributed by atoms with E-state index in [9.17, 15) is 0 Å². The van der Waals surface area contributed by atoms with Crippen molar-refractivity contribution < 1.29 is 0 Å². The van der Waals surface area contributed by atoms with E-state index < -0.39 is 0 Å². The van der Waals surface area contributed by atoms with Crippen LogP contribution in [0.15, 0.2) is 46.8 Å². The summed E-state index contributed by atoms with van der Waals surface area (Å²) in [5, 5.41) is 8.95. The van der Waals surface area contributed by atoms with Gasteiger partial charge in [-0.05, 0) is 50.8 Å². The predicted octanol–water partition coefficient (Wildman–Crippen LogP) is 3.39. The second kappa shape index (κ2) is 9.27. The van der Waals surface area contributed by atoms with E-state index in [-0.39, 0.29) is 5.54 Å². The fraction of sp³-hybridized carbons (Fsp3) is 0.364. The monoisotopic (exact) mass is 453 g/mol. The number of pyridine rings is 1. The van der Waals surface area contributed by atoms with Gasteiger partial charge in [0.1, 0.15) is 22.2 Å². The first-order valence-corrected chi connectivity index (χ1v) is 11.3. The maximum atomic E-state index is 6.55. The first-order chi connectivity index (χ1) is 15.0. The van der Waals surface area contributed by atoms with Crippen LogP contribution in [0, 0.1) is 11.8 Å². The maximum absolute atomic E-state index is 6.55. The molecule has 4 rings (SSSR count). The molecule has 0 radical (unpaired) electrons. The van der Waals surface area contributed by atoms with Crippen LogP contribution in [0.3, 0.4) is 0 Å². The molecule has 4 heterocycles. The molecule has 1 saturated heterocycles. The van der Waals surface area contributed by atoms with Crippen LogP contribution in [-0.2, 0) is 7.05 Å². The van der Waals surface area contributed by atoms with Gasteiger partial charge in [-0.25, -0.2) is 15.0 Å². The molecule has 7 nitrogen and oxygen atoms in total. The number of anilines is 1. The van der Waals surface area contributed by atoms with Crippen LogP contribution >= 0.6 is 23.4 Å². The van der Waals surface area contributed by atoms with Crippen molar-refractivity contribution in [2.45, 2.75) is 35.2 Å². The molecule has 1 N–H and O–H groups in total. The van der Waals surface area contributed by atoms with Crippen molar-refractivity contribution in [2.24, 2.45) is 7.05 Å². The highest BCUT2D eigenvalue weighted by molar-refractivity contribution is 7.99. The van der Waals surface area contributed by atoms with Crippen molar-refractivity contribution in [3.8, 4) is 11.8 Å². The molecule has 0 spiro atoms. The third-order valence-electron chi connectivity index (χ3n) is 5.50. The smallest absolute Gasteiger partial charge is 0.147 e. The maximum Gasteiger partial charge on any atom is 0.147 e. The average molecular weight is 454 g/mol. The summed E-state index contributed by atoms with van der Waals surface area (Å²) in [6.45, 7) is 4.20. The molecule has 3 aromatic heterocycles. The van der Waals surface area contributed by atoms with E-state index in [1.807, 2.05) is 38.6 Å². The zero-order chi connectivity index (χ0) is 21.8. The molecule has 9 heteroatoms. The molecule has 0 bridgehead atoms. The van der Waals surface area contributed by atoms with Crippen LogP contribution in [0.5, 0.6) is 0 Å². The Morgan fingerprint density at radius 3 is 2.58 bits per heavy atom. The van der Waals surface area contributed by atoms with Crippen LogP contribution in [0.25, 0.3) is 0 Å². The third-order valence-corrected chi connectivity index (χ3v) is 6.97. The minimum Gasteiger partial charge on any atom is -0.355 e. The van der Waals surface area contributed by atoms with Gasteiger partial charge in [-0.2, -0.15) is 5.10 Å². The summed E-state index contributed by atoms with van der Waals surface area (Å²) in [5.74, 6) is 6.90. The van der Waals surface area contributed by atoms with Crippen molar-refractivity contribution in [3.63, 3.8) is 0 Å². The zero-order valence-electron chi connectivity index (χ0n) is 17.8. The van der Waals surface area contributed by atoms with Crippen molar-refractivity contribution >= 4 is 29.2 Å². The Balaban J connectivity index is 1.44. The molecule has 0 atom stereocenters. The van der Waals surface area contributed by atoms with E-state index in [1.54, 1.807) is 17.1 Å². The van der Waals surface area contributed by atoms with Gasteiger partial charge in [-0.3, -0.25) is 4.68 Å². The van der Waals surface area contributed by atoms with E-state index in [0.717, 1.165) is 41.7 Å². The Labute approximate surface area is 191 Å². The molecule has 0 unspecified atom stereocenters. The lowest BCUT2D eigenvalue weighted by molar-refractivity contribution is 0.304. The van der Waals surface area contributed by atoms with Gasteiger partial charge in [-0.1, -0.05) is 23.4 Å². The number of hydrogen-bond acceptors (Lipinski definition) is 7. The second-order valence-electron chi connectivity index (χ2n) is 7.71. The largest absolute Gasteiger partial charge is 0.355 e. The molecular weight excluding hydrogens is 430 g/mol. The van der Waals surface area contributed by atoms with Gasteiger partial charge in [0.2, 0.25) is 0 Å². The number of hydrogen-bond donors (Lipinski definition) is 1. The molecule has 3 aromatic rings. The van der Waals surface area contributed by atoms with Gasteiger partial charge in [0, 0.05) is 43.0 Å². The van der Waals surface area contributed by atoms with Crippen molar-refractivity contribution in [3.05, 3.63) is 53.3 Å². The summed E-state index contributed by atoms with van der Waals surface area (Å²) >= 11 is 8.00. The topological polar surface area (TPSA) is 71.8 Å². The standard InChI is InChI=1S/C22H24ClN7S/c1-22(24-2)8-12-30(13-9-22)19-14-27-20(15-26-19)31-18-6-10-25-17(21(18)23)5-4-16-7-11-29(3)28-16/h6-7,10-11,14-15,24H,8-9,12-13H2,1-3H3. The van der Waals surface area contributed by atoms with Gasteiger partial charge in [-0.15, -0.1) is 0 Å². The summed E-state index contributed by atoms with van der Waals surface area (Å²) in [7, 11) is 3.88. The number of nitrogens with one attached hydrogen (secondary N) is 1. The Hall–Kier alpha value is -2.60. The number of aromatic nitrogens is 5. The Bertz CT molecular complexity index is 1110. The number of halogens is 1. The van der Waals surface area contributed by atoms with Crippen LogP contribution < -0.4 is 10.2 Å². The number of rotatable bonds is 4. The summed E-state index contributed by atoms with van der Waals surface area (Å²) in [6, 6.07) is 3.70.